The van der Waals surface area contributed by atoms with Gasteiger partial charge in [0.2, 0.25) is 0 Å². The lowest BCUT2D eigenvalue weighted by atomic mass is 10.2. The van der Waals surface area contributed by atoms with Crippen molar-refractivity contribution in [3.63, 3.8) is 0 Å². The van der Waals surface area contributed by atoms with Gasteiger partial charge in [-0.3, -0.25) is 0 Å². The molecular weight excluding hydrogens is 342 g/mol. The number of aromatic nitrogens is 2. The number of halogens is 1. The van der Waals surface area contributed by atoms with Crippen LogP contribution in [-0.4, -0.2) is 23.2 Å². The Morgan fingerprint density at radius 2 is 1.92 bits per heavy atom. The SMILES string of the molecule is COc1cc(CNc2ccc3[nH]c(=O)[nH]c3c2)cc(Cl)c1OC(C)C. The Kier molecular flexibility index (Phi) is 4.90. The number of benzene rings is 2. The molecule has 25 heavy (non-hydrogen) atoms. The van der Waals surface area contributed by atoms with Crippen molar-refractivity contribution in [2.75, 3.05) is 12.4 Å². The lowest BCUT2D eigenvalue weighted by Crippen LogP contribution is -2.08. The summed E-state index contributed by atoms with van der Waals surface area (Å²) in [4.78, 5) is 16.8. The van der Waals surface area contributed by atoms with Gasteiger partial charge in [-0.25, -0.2) is 4.79 Å². The lowest BCUT2D eigenvalue weighted by Gasteiger charge is -2.16. The maximum absolute atomic E-state index is 11.3. The predicted molar refractivity (Wildman–Crippen MR) is 100 cm³/mol. The molecule has 0 saturated heterocycles. The van der Waals surface area contributed by atoms with E-state index in [2.05, 4.69) is 15.3 Å². The van der Waals surface area contributed by atoms with Gasteiger partial charge in [0.25, 0.3) is 0 Å². The highest BCUT2D eigenvalue weighted by molar-refractivity contribution is 6.32. The van der Waals surface area contributed by atoms with Crippen molar-refractivity contribution in [1.29, 1.82) is 0 Å². The van der Waals surface area contributed by atoms with E-state index in [0.717, 1.165) is 22.3 Å². The van der Waals surface area contributed by atoms with Crippen molar-refractivity contribution < 1.29 is 9.47 Å². The van der Waals surface area contributed by atoms with Gasteiger partial charge in [0.1, 0.15) is 0 Å². The van der Waals surface area contributed by atoms with Crippen LogP contribution >= 0.6 is 11.6 Å². The number of hydrogen-bond acceptors (Lipinski definition) is 4. The van der Waals surface area contributed by atoms with Crippen molar-refractivity contribution in [2.45, 2.75) is 26.5 Å². The number of anilines is 1. The van der Waals surface area contributed by atoms with Crippen LogP contribution < -0.4 is 20.5 Å². The molecule has 0 aliphatic rings. The summed E-state index contributed by atoms with van der Waals surface area (Å²) >= 11 is 6.34. The minimum Gasteiger partial charge on any atom is -0.493 e. The summed E-state index contributed by atoms with van der Waals surface area (Å²) in [7, 11) is 1.59. The number of ether oxygens (including phenoxy) is 2. The van der Waals surface area contributed by atoms with Crippen molar-refractivity contribution in [2.24, 2.45) is 0 Å². The Hall–Kier alpha value is -2.60. The molecule has 0 aliphatic carbocycles. The molecule has 3 N–H and O–H groups in total. The fraction of sp³-hybridized carbons (Fsp3) is 0.278. The van der Waals surface area contributed by atoms with E-state index in [1.807, 2.05) is 44.2 Å². The molecule has 0 atom stereocenters. The van der Waals surface area contributed by atoms with Gasteiger partial charge in [0.15, 0.2) is 11.5 Å². The first-order valence-corrected chi connectivity index (χ1v) is 8.33. The fourth-order valence-electron chi connectivity index (χ4n) is 2.57. The van der Waals surface area contributed by atoms with Crippen LogP contribution in [0.15, 0.2) is 35.1 Å². The van der Waals surface area contributed by atoms with Crippen LogP contribution in [0.1, 0.15) is 19.4 Å². The summed E-state index contributed by atoms with van der Waals surface area (Å²) < 4.78 is 11.1. The molecule has 0 amide bonds. The minimum atomic E-state index is -0.218. The number of nitrogens with one attached hydrogen (secondary N) is 3. The molecule has 0 aliphatic heterocycles. The normalized spacial score (nSPS) is 11.1. The second-order valence-electron chi connectivity index (χ2n) is 5.97. The van der Waals surface area contributed by atoms with Crippen LogP contribution in [0.25, 0.3) is 11.0 Å². The highest BCUT2D eigenvalue weighted by Gasteiger charge is 2.13. The van der Waals surface area contributed by atoms with E-state index in [-0.39, 0.29) is 11.8 Å². The fourth-order valence-corrected chi connectivity index (χ4v) is 2.85. The zero-order valence-electron chi connectivity index (χ0n) is 14.3. The Balaban J connectivity index is 1.79. The number of imidazole rings is 1. The van der Waals surface area contributed by atoms with E-state index in [4.69, 9.17) is 21.1 Å². The smallest absolute Gasteiger partial charge is 0.323 e. The summed E-state index contributed by atoms with van der Waals surface area (Å²) in [6.45, 7) is 4.43. The largest absolute Gasteiger partial charge is 0.493 e. The van der Waals surface area contributed by atoms with Gasteiger partial charge in [-0.05, 0) is 49.7 Å². The molecule has 0 saturated carbocycles. The van der Waals surface area contributed by atoms with E-state index in [1.54, 1.807) is 7.11 Å². The van der Waals surface area contributed by atoms with Crippen molar-refractivity contribution >= 4 is 28.3 Å². The molecule has 3 aromatic rings. The van der Waals surface area contributed by atoms with Gasteiger partial charge >= 0.3 is 5.69 Å². The second-order valence-corrected chi connectivity index (χ2v) is 6.38. The minimum absolute atomic E-state index is 0.00519. The second kappa shape index (κ2) is 7.11. The predicted octanol–water partition coefficient (Wildman–Crippen LogP) is 3.92. The molecule has 2 aromatic carbocycles. The quantitative estimate of drug-likeness (QED) is 0.621. The first-order chi connectivity index (χ1) is 12.0. The third-order valence-electron chi connectivity index (χ3n) is 3.66. The first-order valence-electron chi connectivity index (χ1n) is 7.95. The van der Waals surface area contributed by atoms with E-state index in [9.17, 15) is 4.79 Å². The molecule has 3 rings (SSSR count). The molecule has 1 heterocycles. The molecule has 132 valence electrons. The summed E-state index contributed by atoms with van der Waals surface area (Å²) in [5, 5.41) is 3.82. The highest BCUT2D eigenvalue weighted by atomic mass is 35.5. The van der Waals surface area contributed by atoms with Gasteiger partial charge in [-0.1, -0.05) is 11.6 Å². The van der Waals surface area contributed by atoms with E-state index in [0.29, 0.717) is 23.1 Å². The number of aromatic amines is 2. The lowest BCUT2D eigenvalue weighted by molar-refractivity contribution is 0.230. The van der Waals surface area contributed by atoms with Gasteiger partial charge in [-0.2, -0.15) is 0 Å². The van der Waals surface area contributed by atoms with Gasteiger partial charge in [0, 0.05) is 12.2 Å². The Morgan fingerprint density at radius 3 is 2.64 bits per heavy atom. The zero-order valence-corrected chi connectivity index (χ0v) is 15.0. The molecular formula is C18H20ClN3O3. The van der Waals surface area contributed by atoms with E-state index >= 15 is 0 Å². The maximum Gasteiger partial charge on any atom is 0.323 e. The Morgan fingerprint density at radius 1 is 1.16 bits per heavy atom. The first kappa shape index (κ1) is 17.2. The van der Waals surface area contributed by atoms with Gasteiger partial charge < -0.3 is 24.8 Å². The average Bonchev–Trinajstić information content (AvgIpc) is 2.93. The molecule has 0 radical (unpaired) electrons. The third kappa shape index (κ3) is 3.91. The monoisotopic (exact) mass is 361 g/mol. The van der Waals surface area contributed by atoms with Crippen LogP contribution in [0.3, 0.4) is 0 Å². The van der Waals surface area contributed by atoms with Crippen LogP contribution in [0.2, 0.25) is 5.02 Å². The topological polar surface area (TPSA) is 79.1 Å². The van der Waals surface area contributed by atoms with Crippen molar-refractivity contribution in [1.82, 2.24) is 9.97 Å². The molecule has 1 aromatic heterocycles. The van der Waals surface area contributed by atoms with Gasteiger partial charge in [0.05, 0.1) is 29.3 Å². The van der Waals surface area contributed by atoms with Crippen LogP contribution in [-0.2, 0) is 6.54 Å². The number of H-pyrrole nitrogens is 2. The molecule has 0 unspecified atom stereocenters. The molecule has 6 nitrogen and oxygen atoms in total. The Bertz CT molecular complexity index is 946. The van der Waals surface area contributed by atoms with Crippen molar-refractivity contribution in [3.05, 3.63) is 51.4 Å². The molecule has 0 bridgehead atoms. The standard InChI is InChI=1S/C18H20ClN3O3/c1-10(2)25-17-13(19)6-11(7-16(17)24-3)9-20-12-4-5-14-15(8-12)22-18(23)21-14/h4-8,10,20H,9H2,1-3H3,(H2,21,22,23). The van der Waals surface area contributed by atoms with Crippen LogP contribution in [0.5, 0.6) is 11.5 Å². The van der Waals surface area contributed by atoms with E-state index in [1.165, 1.54) is 0 Å². The maximum atomic E-state index is 11.3. The highest BCUT2D eigenvalue weighted by Crippen LogP contribution is 2.37. The molecule has 7 heteroatoms. The van der Waals surface area contributed by atoms with Crippen LogP contribution in [0, 0.1) is 0 Å². The third-order valence-corrected chi connectivity index (χ3v) is 3.94. The number of rotatable bonds is 6. The summed E-state index contributed by atoms with van der Waals surface area (Å²) in [5.41, 5.74) is 3.16. The summed E-state index contributed by atoms with van der Waals surface area (Å²) in [6.07, 6.45) is 0.00519. The Labute approximate surface area is 150 Å². The summed E-state index contributed by atoms with van der Waals surface area (Å²) in [6, 6.07) is 9.38. The molecule has 0 spiro atoms. The van der Waals surface area contributed by atoms with Gasteiger partial charge in [-0.15, -0.1) is 0 Å². The van der Waals surface area contributed by atoms with Crippen molar-refractivity contribution in [3.8, 4) is 11.5 Å². The number of fused-ring (bicyclic) bond motifs is 1. The number of hydrogen-bond donors (Lipinski definition) is 3. The zero-order chi connectivity index (χ0) is 18.0. The summed E-state index contributed by atoms with van der Waals surface area (Å²) in [5.74, 6) is 1.15. The average molecular weight is 362 g/mol. The van der Waals surface area contributed by atoms with Crippen LogP contribution in [0.4, 0.5) is 5.69 Å². The molecule has 0 fully saturated rings. The number of methoxy groups -OCH3 is 1. The van der Waals surface area contributed by atoms with E-state index < -0.39 is 0 Å².